The van der Waals surface area contributed by atoms with Gasteiger partial charge in [0, 0.05) is 6.08 Å². The molecule has 1 rings (SSSR count). The monoisotopic (exact) mass is 406 g/mol. The van der Waals surface area contributed by atoms with Crippen LogP contribution in [-0.2, 0) is 25.5 Å². The number of esters is 1. The van der Waals surface area contributed by atoms with Crippen molar-refractivity contribution in [2.75, 3.05) is 13.2 Å². The van der Waals surface area contributed by atoms with Crippen LogP contribution < -0.4 is 10.6 Å². The summed E-state index contributed by atoms with van der Waals surface area (Å²) in [6.45, 7) is 6.41. The van der Waals surface area contributed by atoms with Gasteiger partial charge in [0.25, 0.3) is 0 Å². The van der Waals surface area contributed by atoms with E-state index in [0.717, 1.165) is 5.56 Å². The van der Waals surface area contributed by atoms with Gasteiger partial charge in [-0.1, -0.05) is 36.4 Å². The second-order valence-electron chi connectivity index (χ2n) is 7.30. The molecule has 1 aromatic carbocycles. The number of alkyl carbamates (subject to hydrolysis) is 1. The van der Waals surface area contributed by atoms with E-state index in [9.17, 15) is 19.5 Å². The molecule has 160 valence electrons. The Morgan fingerprint density at radius 1 is 1.14 bits per heavy atom. The Labute approximate surface area is 171 Å². The van der Waals surface area contributed by atoms with E-state index in [4.69, 9.17) is 9.47 Å². The van der Waals surface area contributed by atoms with Gasteiger partial charge in [-0.3, -0.25) is 4.79 Å². The first-order valence-electron chi connectivity index (χ1n) is 9.44. The van der Waals surface area contributed by atoms with Crippen molar-refractivity contribution >= 4 is 18.0 Å². The Bertz CT molecular complexity index is 697. The number of aliphatic hydroxyl groups is 1. The molecule has 0 saturated heterocycles. The van der Waals surface area contributed by atoms with Gasteiger partial charge >= 0.3 is 12.1 Å². The molecule has 8 heteroatoms. The van der Waals surface area contributed by atoms with Crippen LogP contribution in [-0.4, -0.2) is 54.0 Å². The predicted octanol–water partition coefficient (Wildman–Crippen LogP) is 1.72. The average molecular weight is 406 g/mol. The summed E-state index contributed by atoms with van der Waals surface area (Å²) in [7, 11) is 0. The van der Waals surface area contributed by atoms with Gasteiger partial charge in [0.2, 0.25) is 5.91 Å². The molecule has 0 unspecified atom stereocenters. The first-order valence-corrected chi connectivity index (χ1v) is 9.44. The van der Waals surface area contributed by atoms with Crippen LogP contribution >= 0.6 is 0 Å². The summed E-state index contributed by atoms with van der Waals surface area (Å²) in [6.07, 6.45) is 2.36. The molecule has 0 radical (unpaired) electrons. The van der Waals surface area contributed by atoms with Gasteiger partial charge < -0.3 is 25.2 Å². The lowest BCUT2D eigenvalue weighted by atomic mass is 10.0. The molecule has 0 aliphatic carbocycles. The fourth-order valence-electron chi connectivity index (χ4n) is 2.35. The van der Waals surface area contributed by atoms with Crippen molar-refractivity contribution in [1.82, 2.24) is 10.6 Å². The van der Waals surface area contributed by atoms with Gasteiger partial charge in [0.1, 0.15) is 11.6 Å². The smallest absolute Gasteiger partial charge is 0.408 e. The van der Waals surface area contributed by atoms with Crippen LogP contribution in [0.3, 0.4) is 0 Å². The Morgan fingerprint density at radius 2 is 1.79 bits per heavy atom. The number of hydrogen-bond acceptors (Lipinski definition) is 6. The second kappa shape index (κ2) is 11.9. The predicted molar refractivity (Wildman–Crippen MR) is 108 cm³/mol. The zero-order valence-electron chi connectivity index (χ0n) is 17.3. The molecule has 0 aliphatic rings. The van der Waals surface area contributed by atoms with E-state index in [1.807, 2.05) is 30.3 Å². The molecule has 3 N–H and O–H groups in total. The van der Waals surface area contributed by atoms with Crippen LogP contribution in [0, 0.1) is 0 Å². The number of ether oxygens (including phenoxy) is 2. The van der Waals surface area contributed by atoms with E-state index in [0.29, 0.717) is 6.42 Å². The minimum absolute atomic E-state index is 0.241. The van der Waals surface area contributed by atoms with E-state index in [-0.39, 0.29) is 6.61 Å². The summed E-state index contributed by atoms with van der Waals surface area (Å²) >= 11 is 0. The summed E-state index contributed by atoms with van der Waals surface area (Å²) in [5.41, 5.74) is 0.200. The molecule has 2 amide bonds. The molecule has 29 heavy (non-hydrogen) atoms. The number of aliphatic hydroxyl groups excluding tert-OH is 1. The molecule has 0 heterocycles. The van der Waals surface area contributed by atoms with Gasteiger partial charge in [-0.15, -0.1) is 0 Å². The molecule has 1 aromatic rings. The number of nitrogens with one attached hydrogen (secondary N) is 2. The molecule has 0 aliphatic heterocycles. The first kappa shape index (κ1) is 24.2. The summed E-state index contributed by atoms with van der Waals surface area (Å²) in [6, 6.07) is 7.63. The number of carbonyl (C=O) groups is 3. The van der Waals surface area contributed by atoms with Gasteiger partial charge in [-0.25, -0.2) is 9.59 Å². The number of amides is 2. The standard InChI is InChI=1S/C21H30N2O6/c1-5-28-18(25)12-11-16(13-15-9-7-6-8-10-15)22-19(26)17(14-24)23-20(27)29-21(2,3)4/h6-12,16-17,24H,5,13-14H2,1-4H3,(H,22,26)(H,23,27)/b12-11+/t16-,17+/m1/s1. The summed E-state index contributed by atoms with van der Waals surface area (Å²) in [5, 5.41) is 14.6. The lowest BCUT2D eigenvalue weighted by Crippen LogP contribution is -2.52. The van der Waals surface area contributed by atoms with Crippen LogP contribution in [0.2, 0.25) is 0 Å². The number of rotatable bonds is 9. The normalized spacial score (nSPS) is 13.4. The van der Waals surface area contributed by atoms with Crippen molar-refractivity contribution in [3.05, 3.63) is 48.0 Å². The molecular formula is C21H30N2O6. The molecular weight excluding hydrogens is 376 g/mol. The van der Waals surface area contributed by atoms with Crippen LogP contribution in [0.15, 0.2) is 42.5 Å². The highest BCUT2D eigenvalue weighted by molar-refractivity contribution is 5.86. The fourth-order valence-corrected chi connectivity index (χ4v) is 2.35. The summed E-state index contributed by atoms with van der Waals surface area (Å²) < 4.78 is 9.97. The van der Waals surface area contributed by atoms with Crippen LogP contribution in [0.1, 0.15) is 33.3 Å². The Hall–Kier alpha value is -2.87. The highest BCUT2D eigenvalue weighted by Crippen LogP contribution is 2.08. The number of benzene rings is 1. The van der Waals surface area contributed by atoms with Crippen molar-refractivity contribution in [2.45, 2.75) is 51.8 Å². The highest BCUT2D eigenvalue weighted by Gasteiger charge is 2.25. The van der Waals surface area contributed by atoms with Crippen LogP contribution in [0.25, 0.3) is 0 Å². The average Bonchev–Trinajstić information content (AvgIpc) is 2.63. The minimum atomic E-state index is -1.20. The number of carbonyl (C=O) groups excluding carboxylic acids is 3. The SMILES string of the molecule is CCOC(=O)/C=C/[C@H](Cc1ccccc1)NC(=O)[C@H](CO)NC(=O)OC(C)(C)C. The third kappa shape index (κ3) is 10.3. The maximum Gasteiger partial charge on any atom is 0.408 e. The number of hydrogen-bond donors (Lipinski definition) is 3. The largest absolute Gasteiger partial charge is 0.463 e. The maximum absolute atomic E-state index is 12.6. The molecule has 8 nitrogen and oxygen atoms in total. The van der Waals surface area contributed by atoms with Gasteiger partial charge in [0.15, 0.2) is 0 Å². The molecule has 0 saturated carbocycles. The summed E-state index contributed by atoms with van der Waals surface area (Å²) in [4.78, 5) is 36.1. The molecule has 0 fully saturated rings. The molecule has 0 spiro atoms. The van der Waals surface area contributed by atoms with Crippen molar-refractivity contribution in [3.63, 3.8) is 0 Å². The van der Waals surface area contributed by atoms with Crippen molar-refractivity contribution in [3.8, 4) is 0 Å². The molecule has 2 atom stereocenters. The third-order valence-corrected chi connectivity index (χ3v) is 3.57. The lowest BCUT2D eigenvalue weighted by molar-refractivity contribution is -0.137. The fraction of sp³-hybridized carbons (Fsp3) is 0.476. The van der Waals surface area contributed by atoms with Crippen LogP contribution in [0.4, 0.5) is 4.79 Å². The Morgan fingerprint density at radius 3 is 2.34 bits per heavy atom. The van der Waals surface area contributed by atoms with E-state index >= 15 is 0 Å². The third-order valence-electron chi connectivity index (χ3n) is 3.57. The highest BCUT2D eigenvalue weighted by atomic mass is 16.6. The minimum Gasteiger partial charge on any atom is -0.463 e. The van der Waals surface area contributed by atoms with E-state index in [1.54, 1.807) is 27.7 Å². The van der Waals surface area contributed by atoms with E-state index in [2.05, 4.69) is 10.6 Å². The second-order valence-corrected chi connectivity index (χ2v) is 7.30. The lowest BCUT2D eigenvalue weighted by Gasteiger charge is -2.23. The van der Waals surface area contributed by atoms with Gasteiger partial charge in [0.05, 0.1) is 19.3 Å². The van der Waals surface area contributed by atoms with E-state index < -0.39 is 42.3 Å². The molecule has 0 aromatic heterocycles. The quantitative estimate of drug-likeness (QED) is 0.425. The molecule has 0 bridgehead atoms. The van der Waals surface area contributed by atoms with Crippen molar-refractivity contribution in [1.29, 1.82) is 0 Å². The zero-order valence-corrected chi connectivity index (χ0v) is 17.3. The Balaban J connectivity index is 2.84. The van der Waals surface area contributed by atoms with Gasteiger partial charge in [-0.05, 0) is 39.7 Å². The summed E-state index contributed by atoms with van der Waals surface area (Å²) in [5.74, 6) is -1.13. The Kier molecular flexibility index (Phi) is 9.88. The zero-order chi connectivity index (χ0) is 21.9. The van der Waals surface area contributed by atoms with Crippen molar-refractivity contribution < 1.29 is 29.0 Å². The topological polar surface area (TPSA) is 114 Å². The van der Waals surface area contributed by atoms with Crippen molar-refractivity contribution in [2.24, 2.45) is 0 Å². The maximum atomic E-state index is 12.6. The van der Waals surface area contributed by atoms with Crippen LogP contribution in [0.5, 0.6) is 0 Å². The van der Waals surface area contributed by atoms with Gasteiger partial charge in [-0.2, -0.15) is 0 Å². The first-order chi connectivity index (χ1) is 13.6. The van der Waals surface area contributed by atoms with E-state index in [1.165, 1.54) is 12.2 Å².